The normalized spacial score (nSPS) is 18.0. The van der Waals surface area contributed by atoms with Gasteiger partial charge in [-0.05, 0) is 44.1 Å². The lowest BCUT2D eigenvalue weighted by atomic mass is 10.0. The van der Waals surface area contributed by atoms with Gasteiger partial charge in [0.2, 0.25) is 35.4 Å². The number of hydrogen-bond acceptors (Lipinski definition) is 9. The van der Waals surface area contributed by atoms with Crippen LogP contribution in [-0.4, -0.2) is 111 Å². The molecule has 3 rings (SSSR count). The van der Waals surface area contributed by atoms with Crippen molar-refractivity contribution in [1.82, 2.24) is 36.1 Å². The first-order valence-corrected chi connectivity index (χ1v) is 17.3. The summed E-state index contributed by atoms with van der Waals surface area (Å²) in [5.41, 5.74) is 6.94. The van der Waals surface area contributed by atoms with Gasteiger partial charge in [-0.1, -0.05) is 44.2 Å². The molecular weight excluding hydrogens is 660 g/mol. The summed E-state index contributed by atoms with van der Waals surface area (Å²) in [6, 6.07) is 4.44. The fourth-order valence-corrected chi connectivity index (χ4v) is 5.76. The number of aryl methyl sites for hydroxylation is 1. The number of H-pyrrole nitrogens is 1. The highest BCUT2D eigenvalue weighted by Crippen LogP contribution is 2.22. The molecule has 1 aromatic heterocycles. The number of imidazole rings is 1. The molecule has 0 saturated carbocycles. The maximum atomic E-state index is 13.8. The van der Waals surface area contributed by atoms with Crippen LogP contribution in [0.2, 0.25) is 0 Å². The molecule has 6 amide bonds. The minimum Gasteiger partial charge on any atom is -0.394 e. The lowest BCUT2D eigenvalue weighted by Gasteiger charge is -2.28. The fraction of sp³-hybridized carbons (Fsp3) is 0.571. The molecular formula is C35H52N8O8. The van der Waals surface area contributed by atoms with E-state index in [1.54, 1.807) is 0 Å². The van der Waals surface area contributed by atoms with Crippen molar-refractivity contribution in [2.75, 3.05) is 19.8 Å². The number of aromatic amines is 1. The molecule has 16 nitrogen and oxygen atoms in total. The van der Waals surface area contributed by atoms with Crippen molar-refractivity contribution in [2.24, 2.45) is 11.7 Å². The fourth-order valence-electron chi connectivity index (χ4n) is 5.76. The monoisotopic (exact) mass is 712 g/mol. The van der Waals surface area contributed by atoms with E-state index in [4.69, 9.17) is 10.5 Å². The SMILES string of the molecule is CC(=O)N1CC(OCCCCc2ccccc2)CC1C(=O)NC(CC(C)C)C(=O)NC(Cc1cnc[nH]1)C(=O)NC(CO)C(=O)NC(C)C(N)=O. The van der Waals surface area contributed by atoms with Crippen LogP contribution in [0, 0.1) is 5.92 Å². The number of carbonyl (C=O) groups excluding carboxylic acids is 6. The first-order chi connectivity index (χ1) is 24.3. The number of rotatable bonds is 20. The minimum atomic E-state index is -1.45. The Labute approximate surface area is 298 Å². The van der Waals surface area contributed by atoms with E-state index < -0.39 is 66.4 Å². The number of carbonyl (C=O) groups is 6. The van der Waals surface area contributed by atoms with E-state index in [0.717, 1.165) is 19.3 Å². The molecule has 1 aliphatic heterocycles. The Morgan fingerprint density at radius 1 is 0.961 bits per heavy atom. The summed E-state index contributed by atoms with van der Waals surface area (Å²) in [6.07, 6.45) is 5.62. The van der Waals surface area contributed by atoms with Crippen LogP contribution >= 0.6 is 0 Å². The number of ether oxygens (including phenoxy) is 1. The van der Waals surface area contributed by atoms with Gasteiger partial charge in [-0.15, -0.1) is 0 Å². The number of nitrogens with one attached hydrogen (secondary N) is 5. The van der Waals surface area contributed by atoms with Crippen molar-refractivity contribution < 1.29 is 38.6 Å². The smallest absolute Gasteiger partial charge is 0.245 e. The van der Waals surface area contributed by atoms with Gasteiger partial charge < -0.3 is 46.7 Å². The molecule has 280 valence electrons. The second-order valence-electron chi connectivity index (χ2n) is 13.3. The van der Waals surface area contributed by atoms with E-state index in [2.05, 4.69) is 43.4 Å². The van der Waals surface area contributed by atoms with Gasteiger partial charge in [0.15, 0.2) is 0 Å². The number of nitrogens with zero attached hydrogens (tertiary/aromatic N) is 2. The number of aliphatic hydroxyl groups is 1. The van der Waals surface area contributed by atoms with Gasteiger partial charge in [0.1, 0.15) is 30.2 Å². The highest BCUT2D eigenvalue weighted by Gasteiger charge is 2.40. The van der Waals surface area contributed by atoms with Gasteiger partial charge in [-0.25, -0.2) is 4.98 Å². The first kappa shape index (κ1) is 40.6. The molecule has 8 N–H and O–H groups in total. The van der Waals surface area contributed by atoms with Gasteiger partial charge in [0.25, 0.3) is 0 Å². The Hall–Kier alpha value is -4.83. The third-order valence-corrected chi connectivity index (χ3v) is 8.58. The van der Waals surface area contributed by atoms with Crippen LogP contribution in [0.15, 0.2) is 42.9 Å². The van der Waals surface area contributed by atoms with Crippen molar-refractivity contribution in [1.29, 1.82) is 0 Å². The van der Waals surface area contributed by atoms with Crippen LogP contribution in [-0.2, 0) is 46.3 Å². The number of aliphatic hydroxyl groups excluding tert-OH is 1. The van der Waals surface area contributed by atoms with Crippen LogP contribution < -0.4 is 27.0 Å². The van der Waals surface area contributed by atoms with Crippen LogP contribution in [0.25, 0.3) is 0 Å². The van der Waals surface area contributed by atoms with Crippen molar-refractivity contribution in [3.8, 4) is 0 Å². The molecule has 2 heterocycles. The number of nitrogens with two attached hydrogens (primary N) is 1. The van der Waals surface area contributed by atoms with Crippen molar-refractivity contribution in [3.63, 3.8) is 0 Å². The predicted octanol–water partition coefficient (Wildman–Crippen LogP) is -0.536. The molecule has 6 atom stereocenters. The second kappa shape index (κ2) is 20.1. The first-order valence-electron chi connectivity index (χ1n) is 17.3. The van der Waals surface area contributed by atoms with Crippen LogP contribution in [0.5, 0.6) is 0 Å². The van der Waals surface area contributed by atoms with Crippen molar-refractivity contribution in [2.45, 2.75) is 103 Å². The molecule has 6 unspecified atom stereocenters. The molecule has 0 radical (unpaired) electrons. The van der Waals surface area contributed by atoms with E-state index in [-0.39, 0.29) is 43.7 Å². The van der Waals surface area contributed by atoms with Gasteiger partial charge >= 0.3 is 0 Å². The van der Waals surface area contributed by atoms with Crippen molar-refractivity contribution >= 4 is 35.4 Å². The highest BCUT2D eigenvalue weighted by molar-refractivity contribution is 5.96. The number of unbranched alkanes of at least 4 members (excludes halogenated alkanes) is 1. The Bertz CT molecular complexity index is 1450. The molecule has 1 fully saturated rings. The Kier molecular flexibility index (Phi) is 16.0. The Balaban J connectivity index is 1.66. The third-order valence-electron chi connectivity index (χ3n) is 8.58. The number of likely N-dealkylation sites (tertiary alicyclic amines) is 1. The lowest BCUT2D eigenvalue weighted by molar-refractivity contribution is -0.138. The second-order valence-corrected chi connectivity index (χ2v) is 13.3. The molecule has 51 heavy (non-hydrogen) atoms. The van der Waals surface area contributed by atoms with Crippen LogP contribution in [0.3, 0.4) is 0 Å². The summed E-state index contributed by atoms with van der Waals surface area (Å²) in [7, 11) is 0. The standard InChI is InChI=1S/C35H52N8O8/c1-21(2)14-27(41-35(50)30-16-26(18-43(30)23(4)45)51-13-9-8-12-24-10-6-5-7-11-24)32(47)40-28(15-25-17-37-20-38-25)33(48)42-29(19-44)34(49)39-22(3)31(36)46/h5-7,10-11,17,20-22,26-30,44H,8-9,12-16,18-19H2,1-4H3,(H2,36,46)(H,37,38)(H,39,49)(H,40,47)(H,41,50)(H,42,48). The molecule has 16 heteroatoms. The predicted molar refractivity (Wildman–Crippen MR) is 186 cm³/mol. The Morgan fingerprint density at radius 3 is 2.24 bits per heavy atom. The molecule has 0 bridgehead atoms. The van der Waals surface area contributed by atoms with Gasteiger partial charge in [-0.3, -0.25) is 28.8 Å². The highest BCUT2D eigenvalue weighted by atomic mass is 16.5. The molecule has 1 aliphatic rings. The Morgan fingerprint density at radius 2 is 1.63 bits per heavy atom. The number of aromatic nitrogens is 2. The zero-order chi connectivity index (χ0) is 37.5. The summed E-state index contributed by atoms with van der Waals surface area (Å²) in [6.45, 7) is 6.41. The average molecular weight is 713 g/mol. The van der Waals surface area contributed by atoms with Crippen molar-refractivity contribution in [3.05, 3.63) is 54.1 Å². The number of primary amides is 1. The van der Waals surface area contributed by atoms with Gasteiger partial charge in [0, 0.05) is 44.8 Å². The summed E-state index contributed by atoms with van der Waals surface area (Å²) in [5, 5.41) is 20.0. The number of benzene rings is 1. The molecule has 2 aromatic rings. The van der Waals surface area contributed by atoms with E-state index in [1.165, 1.54) is 36.8 Å². The van der Waals surface area contributed by atoms with E-state index in [9.17, 15) is 33.9 Å². The zero-order valence-electron chi connectivity index (χ0n) is 29.7. The zero-order valence-corrected chi connectivity index (χ0v) is 29.7. The maximum Gasteiger partial charge on any atom is 0.245 e. The largest absolute Gasteiger partial charge is 0.394 e. The molecule has 1 saturated heterocycles. The lowest BCUT2D eigenvalue weighted by Crippen LogP contribution is -2.60. The maximum absolute atomic E-state index is 13.8. The van der Waals surface area contributed by atoms with E-state index >= 15 is 0 Å². The molecule has 0 spiro atoms. The summed E-state index contributed by atoms with van der Waals surface area (Å²) in [5.74, 6) is -3.99. The van der Waals surface area contributed by atoms with E-state index in [1.807, 2.05) is 32.0 Å². The van der Waals surface area contributed by atoms with E-state index in [0.29, 0.717) is 12.3 Å². The van der Waals surface area contributed by atoms with Crippen LogP contribution in [0.1, 0.15) is 64.6 Å². The molecule has 1 aromatic carbocycles. The quantitative estimate of drug-likeness (QED) is 0.0872. The molecule has 0 aliphatic carbocycles. The van der Waals surface area contributed by atoms with Gasteiger partial charge in [0.05, 0.1) is 19.0 Å². The third kappa shape index (κ3) is 13.1. The number of hydrogen-bond donors (Lipinski definition) is 7. The summed E-state index contributed by atoms with van der Waals surface area (Å²) < 4.78 is 6.06. The average Bonchev–Trinajstić information content (AvgIpc) is 3.77. The van der Waals surface area contributed by atoms with Crippen LogP contribution in [0.4, 0.5) is 0 Å². The summed E-state index contributed by atoms with van der Waals surface area (Å²) >= 11 is 0. The minimum absolute atomic E-state index is 0.0462. The van der Waals surface area contributed by atoms with Gasteiger partial charge in [-0.2, -0.15) is 0 Å². The number of amides is 6. The summed E-state index contributed by atoms with van der Waals surface area (Å²) in [4.78, 5) is 85.7. The topological polar surface area (TPSA) is 238 Å².